The molecule has 5 N–H and O–H groups in total. The van der Waals surface area contributed by atoms with E-state index in [4.69, 9.17) is 10.2 Å². The molecule has 0 spiro atoms. The van der Waals surface area contributed by atoms with E-state index in [9.17, 15) is 20.1 Å². The molecule has 0 aliphatic heterocycles. The molecule has 0 radical (unpaired) electrons. The number of carboxylic acid groups (broad SMARTS) is 1. The van der Waals surface area contributed by atoms with Crippen LogP contribution in [-0.4, -0.2) is 56.4 Å². The number of hydrogen-bond acceptors (Lipinski definition) is 5. The second-order valence-electron chi connectivity index (χ2n) is 7.72. The molecule has 0 bridgehead atoms. The zero-order chi connectivity index (χ0) is 20.3. The van der Waals surface area contributed by atoms with Gasteiger partial charge in [0.05, 0.1) is 18.8 Å². The number of unbranched alkanes of at least 4 members (excludes halogenated alkanes) is 10. The van der Waals surface area contributed by atoms with Gasteiger partial charge in [0.25, 0.3) is 0 Å². The van der Waals surface area contributed by atoms with Gasteiger partial charge in [0.1, 0.15) is 6.10 Å². The Morgan fingerprint density at radius 1 is 0.593 bits per heavy atom. The van der Waals surface area contributed by atoms with Gasteiger partial charge in [-0.3, -0.25) is 4.79 Å². The minimum Gasteiger partial charge on any atom is -0.481 e. The highest BCUT2D eigenvalue weighted by Crippen LogP contribution is 2.15. The first-order chi connectivity index (χ1) is 13.0. The molecule has 27 heavy (non-hydrogen) atoms. The number of rotatable bonds is 20. The first-order valence-electron chi connectivity index (χ1n) is 10.8. The topological polar surface area (TPSA) is 118 Å². The lowest BCUT2D eigenvalue weighted by Gasteiger charge is -2.15. The van der Waals surface area contributed by atoms with Crippen molar-refractivity contribution in [1.29, 1.82) is 0 Å². The molecular formula is C21H42O6. The van der Waals surface area contributed by atoms with Gasteiger partial charge < -0.3 is 25.5 Å². The summed E-state index contributed by atoms with van der Waals surface area (Å²) in [5.41, 5.74) is 0. The fourth-order valence-electron chi connectivity index (χ4n) is 3.26. The fourth-order valence-corrected chi connectivity index (χ4v) is 3.26. The van der Waals surface area contributed by atoms with Crippen molar-refractivity contribution >= 4 is 5.97 Å². The number of aliphatic carboxylic acids is 1. The standard InChI is InChI=1S/C21H42O6/c22-17-20(25)19(24)15-11-8-7-10-14-18(23)13-9-5-3-1-2-4-6-12-16-21(26)27/h18-20,22-25H,1-17H2,(H,26,27). The molecule has 0 aromatic carbocycles. The summed E-state index contributed by atoms with van der Waals surface area (Å²) in [7, 11) is 0. The van der Waals surface area contributed by atoms with Crippen molar-refractivity contribution in [3.05, 3.63) is 0 Å². The Bertz CT molecular complexity index is 337. The van der Waals surface area contributed by atoms with E-state index in [0.717, 1.165) is 70.6 Å². The predicted octanol–water partition coefficient (Wildman–Crippen LogP) is 3.39. The third-order valence-corrected chi connectivity index (χ3v) is 5.10. The maximum absolute atomic E-state index is 10.4. The van der Waals surface area contributed by atoms with Crippen LogP contribution < -0.4 is 0 Å². The van der Waals surface area contributed by atoms with Crippen molar-refractivity contribution in [3.63, 3.8) is 0 Å². The Morgan fingerprint density at radius 2 is 1.00 bits per heavy atom. The van der Waals surface area contributed by atoms with Gasteiger partial charge in [0.15, 0.2) is 0 Å². The Morgan fingerprint density at radius 3 is 1.44 bits per heavy atom. The summed E-state index contributed by atoms with van der Waals surface area (Å²) in [5, 5.41) is 46.1. The molecule has 0 aliphatic carbocycles. The molecule has 0 heterocycles. The highest BCUT2D eigenvalue weighted by atomic mass is 16.4. The van der Waals surface area contributed by atoms with Crippen LogP contribution >= 0.6 is 0 Å². The van der Waals surface area contributed by atoms with E-state index < -0.39 is 24.8 Å². The molecule has 0 amide bonds. The lowest BCUT2D eigenvalue weighted by atomic mass is 10.0. The Labute approximate surface area is 164 Å². The van der Waals surface area contributed by atoms with Crippen LogP contribution in [-0.2, 0) is 4.79 Å². The monoisotopic (exact) mass is 390 g/mol. The van der Waals surface area contributed by atoms with Crippen LogP contribution in [0.3, 0.4) is 0 Å². The smallest absolute Gasteiger partial charge is 0.303 e. The lowest BCUT2D eigenvalue weighted by Crippen LogP contribution is -2.28. The molecule has 3 atom stereocenters. The highest BCUT2D eigenvalue weighted by molar-refractivity contribution is 5.66. The second-order valence-corrected chi connectivity index (χ2v) is 7.72. The summed E-state index contributed by atoms with van der Waals surface area (Å²) in [6.07, 6.45) is 12.8. The number of carboxylic acids is 1. The summed E-state index contributed by atoms with van der Waals surface area (Å²) >= 11 is 0. The maximum Gasteiger partial charge on any atom is 0.303 e. The lowest BCUT2D eigenvalue weighted by molar-refractivity contribution is -0.137. The van der Waals surface area contributed by atoms with Gasteiger partial charge in [-0.1, -0.05) is 70.6 Å². The predicted molar refractivity (Wildman–Crippen MR) is 107 cm³/mol. The van der Waals surface area contributed by atoms with Crippen molar-refractivity contribution < 1.29 is 30.3 Å². The molecule has 0 aromatic heterocycles. The van der Waals surface area contributed by atoms with Crippen LogP contribution in [0.1, 0.15) is 103 Å². The molecule has 0 fully saturated rings. The summed E-state index contributed by atoms with van der Waals surface area (Å²) in [4.78, 5) is 10.4. The van der Waals surface area contributed by atoms with Crippen LogP contribution in [0.15, 0.2) is 0 Å². The molecule has 0 aromatic rings. The van der Waals surface area contributed by atoms with Gasteiger partial charge in [-0.25, -0.2) is 0 Å². The van der Waals surface area contributed by atoms with E-state index in [1.54, 1.807) is 0 Å². The SMILES string of the molecule is O=C(O)CCCCCCCCCCC(O)CCCCCCC(O)C(O)CO. The Kier molecular flexibility index (Phi) is 18.2. The van der Waals surface area contributed by atoms with Crippen LogP contribution in [0.25, 0.3) is 0 Å². The van der Waals surface area contributed by atoms with Crippen molar-refractivity contribution in [2.24, 2.45) is 0 Å². The third kappa shape index (κ3) is 18.4. The molecule has 0 saturated carbocycles. The van der Waals surface area contributed by atoms with E-state index in [2.05, 4.69) is 0 Å². The van der Waals surface area contributed by atoms with Crippen molar-refractivity contribution in [1.82, 2.24) is 0 Å². The molecular weight excluding hydrogens is 348 g/mol. The third-order valence-electron chi connectivity index (χ3n) is 5.10. The highest BCUT2D eigenvalue weighted by Gasteiger charge is 2.14. The maximum atomic E-state index is 10.4. The van der Waals surface area contributed by atoms with Gasteiger partial charge in [-0.15, -0.1) is 0 Å². The van der Waals surface area contributed by atoms with Crippen LogP contribution in [0.4, 0.5) is 0 Å². The zero-order valence-corrected chi connectivity index (χ0v) is 16.9. The van der Waals surface area contributed by atoms with Crippen LogP contribution in [0.5, 0.6) is 0 Å². The average molecular weight is 391 g/mol. The first kappa shape index (κ1) is 26.3. The van der Waals surface area contributed by atoms with E-state index in [0.29, 0.717) is 6.42 Å². The van der Waals surface area contributed by atoms with Gasteiger partial charge in [-0.2, -0.15) is 0 Å². The Balaban J connectivity index is 3.28. The van der Waals surface area contributed by atoms with Gasteiger partial charge in [0.2, 0.25) is 0 Å². The zero-order valence-electron chi connectivity index (χ0n) is 16.9. The number of aliphatic hydroxyl groups is 4. The largest absolute Gasteiger partial charge is 0.481 e. The van der Waals surface area contributed by atoms with Crippen LogP contribution in [0, 0.1) is 0 Å². The van der Waals surface area contributed by atoms with E-state index in [1.807, 2.05) is 0 Å². The molecule has 6 nitrogen and oxygen atoms in total. The van der Waals surface area contributed by atoms with Crippen LogP contribution in [0.2, 0.25) is 0 Å². The first-order valence-corrected chi connectivity index (χ1v) is 10.8. The van der Waals surface area contributed by atoms with E-state index >= 15 is 0 Å². The summed E-state index contributed by atoms with van der Waals surface area (Å²) in [5.74, 6) is -0.703. The summed E-state index contributed by atoms with van der Waals surface area (Å²) in [6.45, 7) is -0.403. The van der Waals surface area contributed by atoms with Gasteiger partial charge >= 0.3 is 5.97 Å². The fraction of sp³-hybridized carbons (Fsp3) is 0.952. The van der Waals surface area contributed by atoms with E-state index in [1.165, 1.54) is 19.3 Å². The quantitative estimate of drug-likeness (QED) is 0.203. The number of carbonyl (C=O) groups is 1. The normalized spacial score (nSPS) is 14.8. The number of hydrogen-bond donors (Lipinski definition) is 5. The molecule has 6 heteroatoms. The van der Waals surface area contributed by atoms with Crippen molar-refractivity contribution in [2.75, 3.05) is 6.61 Å². The molecule has 162 valence electrons. The Hall–Kier alpha value is -0.690. The van der Waals surface area contributed by atoms with Gasteiger partial charge in [-0.05, 0) is 25.7 Å². The number of aliphatic hydroxyl groups excluding tert-OH is 4. The van der Waals surface area contributed by atoms with E-state index in [-0.39, 0.29) is 12.5 Å². The van der Waals surface area contributed by atoms with Crippen molar-refractivity contribution in [3.8, 4) is 0 Å². The van der Waals surface area contributed by atoms with Gasteiger partial charge in [0, 0.05) is 6.42 Å². The average Bonchev–Trinajstić information content (AvgIpc) is 2.64. The summed E-state index contributed by atoms with van der Waals surface area (Å²) in [6, 6.07) is 0. The van der Waals surface area contributed by atoms with Crippen molar-refractivity contribution in [2.45, 2.75) is 121 Å². The molecule has 0 saturated heterocycles. The molecule has 3 unspecified atom stereocenters. The molecule has 0 aliphatic rings. The second kappa shape index (κ2) is 18.7. The summed E-state index contributed by atoms with van der Waals surface area (Å²) < 4.78 is 0. The minimum atomic E-state index is -1.04. The molecule has 0 rings (SSSR count). The minimum absolute atomic E-state index is 0.220.